The monoisotopic (exact) mass is 316 g/mol. The molecule has 1 aromatic heterocycles. The number of amides is 1. The number of hydrogen-bond donors (Lipinski definition) is 1. The van der Waals surface area contributed by atoms with E-state index in [1.165, 1.54) is 22.6 Å². The largest absolute Gasteiger partial charge is 0.368 e. The molecule has 116 valence electrons. The van der Waals surface area contributed by atoms with E-state index in [4.69, 9.17) is 0 Å². The van der Waals surface area contributed by atoms with Crippen molar-refractivity contribution in [3.05, 3.63) is 41.4 Å². The Balaban J connectivity index is 1.49. The first-order valence-corrected chi connectivity index (χ1v) is 8.33. The van der Waals surface area contributed by atoms with E-state index < -0.39 is 0 Å². The fourth-order valence-electron chi connectivity index (χ4n) is 2.61. The zero-order valence-electron chi connectivity index (χ0n) is 12.7. The molecule has 5 nitrogen and oxygen atoms in total. The number of piperazine rings is 1. The summed E-state index contributed by atoms with van der Waals surface area (Å²) in [4.78, 5) is 20.6. The Morgan fingerprint density at radius 3 is 2.82 bits per heavy atom. The average molecular weight is 316 g/mol. The second-order valence-corrected chi connectivity index (χ2v) is 6.29. The lowest BCUT2D eigenvalue weighted by Gasteiger charge is -2.36. The van der Waals surface area contributed by atoms with Crippen molar-refractivity contribution in [2.24, 2.45) is 0 Å². The molecule has 0 spiro atoms. The van der Waals surface area contributed by atoms with Crippen LogP contribution in [0.2, 0.25) is 0 Å². The molecular weight excluding hydrogens is 296 g/mol. The summed E-state index contributed by atoms with van der Waals surface area (Å²) >= 11 is 1.51. The normalized spacial score (nSPS) is 15.0. The van der Waals surface area contributed by atoms with Crippen LogP contribution in [0.5, 0.6) is 0 Å². The molecule has 1 aromatic carbocycles. The van der Waals surface area contributed by atoms with Gasteiger partial charge in [0.05, 0.1) is 6.54 Å². The van der Waals surface area contributed by atoms with Gasteiger partial charge in [-0.05, 0) is 24.6 Å². The first kappa shape index (κ1) is 14.8. The van der Waals surface area contributed by atoms with Gasteiger partial charge in [-0.1, -0.05) is 12.1 Å². The molecule has 1 N–H and O–H groups in total. The minimum absolute atomic E-state index is 0.138. The number of anilines is 2. The fraction of sp³-hybridized carbons (Fsp3) is 0.375. The molecule has 2 aromatic rings. The highest BCUT2D eigenvalue weighted by molar-refractivity contribution is 7.13. The third-order valence-electron chi connectivity index (χ3n) is 3.82. The van der Waals surface area contributed by atoms with E-state index in [0.717, 1.165) is 31.3 Å². The number of carbonyl (C=O) groups excluding carboxylic acids is 1. The van der Waals surface area contributed by atoms with Crippen molar-refractivity contribution in [3.8, 4) is 0 Å². The molecule has 0 bridgehead atoms. The van der Waals surface area contributed by atoms with Crippen molar-refractivity contribution in [1.29, 1.82) is 0 Å². The summed E-state index contributed by atoms with van der Waals surface area (Å²) in [5.41, 5.74) is 2.51. The van der Waals surface area contributed by atoms with Crippen LogP contribution in [0.3, 0.4) is 0 Å². The number of thiazole rings is 1. The van der Waals surface area contributed by atoms with Crippen LogP contribution in [0.4, 0.5) is 10.8 Å². The first-order valence-electron chi connectivity index (χ1n) is 7.45. The summed E-state index contributed by atoms with van der Waals surface area (Å²) in [5, 5.41) is 5.77. The van der Waals surface area contributed by atoms with Crippen molar-refractivity contribution < 1.29 is 4.79 Å². The van der Waals surface area contributed by atoms with E-state index >= 15 is 0 Å². The molecule has 22 heavy (non-hydrogen) atoms. The van der Waals surface area contributed by atoms with Crippen LogP contribution >= 0.6 is 11.3 Å². The summed E-state index contributed by atoms with van der Waals surface area (Å²) < 4.78 is 0. The van der Waals surface area contributed by atoms with E-state index in [9.17, 15) is 4.79 Å². The molecule has 0 unspecified atom stereocenters. The third-order valence-corrected chi connectivity index (χ3v) is 4.55. The molecule has 0 aliphatic carbocycles. The first-order chi connectivity index (χ1) is 10.7. The number of rotatable bonds is 4. The van der Waals surface area contributed by atoms with Crippen molar-refractivity contribution in [1.82, 2.24) is 9.88 Å². The smallest absolute Gasteiger partial charge is 0.242 e. The van der Waals surface area contributed by atoms with Gasteiger partial charge < -0.3 is 15.1 Å². The van der Waals surface area contributed by atoms with E-state index in [2.05, 4.69) is 46.4 Å². The molecular formula is C16H20N4OS. The number of carbonyl (C=O) groups is 1. The topological polar surface area (TPSA) is 48.5 Å². The van der Waals surface area contributed by atoms with Crippen LogP contribution in [0.25, 0.3) is 0 Å². The van der Waals surface area contributed by atoms with Gasteiger partial charge in [0, 0.05) is 43.4 Å². The highest BCUT2D eigenvalue weighted by Crippen LogP contribution is 2.18. The SMILES string of the molecule is Cc1cccc(N2CCN(C(=O)CNc3nccs3)CC2)c1. The molecule has 0 radical (unpaired) electrons. The number of benzene rings is 1. The lowest BCUT2D eigenvalue weighted by molar-refractivity contribution is -0.129. The Kier molecular flexibility index (Phi) is 4.58. The van der Waals surface area contributed by atoms with Gasteiger partial charge in [-0.25, -0.2) is 4.98 Å². The van der Waals surface area contributed by atoms with Crippen LogP contribution in [-0.2, 0) is 4.79 Å². The lowest BCUT2D eigenvalue weighted by atomic mass is 10.2. The van der Waals surface area contributed by atoms with Gasteiger partial charge in [-0.15, -0.1) is 11.3 Å². The molecule has 1 fully saturated rings. The van der Waals surface area contributed by atoms with Gasteiger partial charge in [0.2, 0.25) is 5.91 Å². The number of nitrogens with zero attached hydrogens (tertiary/aromatic N) is 3. The highest BCUT2D eigenvalue weighted by atomic mass is 32.1. The maximum absolute atomic E-state index is 12.2. The van der Waals surface area contributed by atoms with Crippen LogP contribution in [0.15, 0.2) is 35.8 Å². The van der Waals surface area contributed by atoms with E-state index in [0.29, 0.717) is 6.54 Å². The molecule has 1 aliphatic rings. The van der Waals surface area contributed by atoms with Gasteiger partial charge in [0.15, 0.2) is 5.13 Å². The lowest BCUT2D eigenvalue weighted by Crippen LogP contribution is -2.50. The summed E-state index contributed by atoms with van der Waals surface area (Å²) in [6.07, 6.45) is 1.73. The second kappa shape index (κ2) is 6.79. The minimum atomic E-state index is 0.138. The Bertz CT molecular complexity index is 621. The number of hydrogen-bond acceptors (Lipinski definition) is 5. The third kappa shape index (κ3) is 3.57. The zero-order valence-corrected chi connectivity index (χ0v) is 13.5. The molecule has 6 heteroatoms. The summed E-state index contributed by atoms with van der Waals surface area (Å²) in [6, 6.07) is 8.52. The zero-order chi connectivity index (χ0) is 15.4. The van der Waals surface area contributed by atoms with Crippen LogP contribution in [-0.4, -0.2) is 48.5 Å². The molecule has 1 amide bonds. The van der Waals surface area contributed by atoms with Gasteiger partial charge in [-0.2, -0.15) is 0 Å². The van der Waals surface area contributed by atoms with E-state index in [1.807, 2.05) is 10.3 Å². The fourth-order valence-corrected chi connectivity index (χ4v) is 3.14. The molecule has 2 heterocycles. The maximum Gasteiger partial charge on any atom is 0.242 e. The predicted molar refractivity (Wildman–Crippen MR) is 90.6 cm³/mol. The average Bonchev–Trinajstić information content (AvgIpc) is 3.06. The molecule has 0 saturated carbocycles. The molecule has 1 aliphatic heterocycles. The summed E-state index contributed by atoms with van der Waals surface area (Å²) in [5.74, 6) is 0.138. The minimum Gasteiger partial charge on any atom is -0.368 e. The Morgan fingerprint density at radius 1 is 1.32 bits per heavy atom. The Labute approximate surface area is 134 Å². The quantitative estimate of drug-likeness (QED) is 0.939. The van der Waals surface area contributed by atoms with Crippen molar-refractivity contribution >= 4 is 28.1 Å². The highest BCUT2D eigenvalue weighted by Gasteiger charge is 2.21. The summed E-state index contributed by atoms with van der Waals surface area (Å²) in [6.45, 7) is 5.73. The summed E-state index contributed by atoms with van der Waals surface area (Å²) in [7, 11) is 0. The van der Waals surface area contributed by atoms with Gasteiger partial charge in [-0.3, -0.25) is 4.79 Å². The van der Waals surface area contributed by atoms with Crippen molar-refractivity contribution in [2.75, 3.05) is 42.9 Å². The molecule has 0 atom stereocenters. The van der Waals surface area contributed by atoms with Gasteiger partial charge >= 0.3 is 0 Å². The van der Waals surface area contributed by atoms with Crippen LogP contribution < -0.4 is 10.2 Å². The van der Waals surface area contributed by atoms with Crippen LogP contribution in [0.1, 0.15) is 5.56 Å². The Morgan fingerprint density at radius 2 is 2.14 bits per heavy atom. The van der Waals surface area contributed by atoms with Crippen LogP contribution in [0, 0.1) is 6.92 Å². The number of aryl methyl sites for hydroxylation is 1. The standard InChI is InChI=1S/C16H20N4OS/c1-13-3-2-4-14(11-13)19-6-8-20(9-7-19)15(21)12-18-16-17-5-10-22-16/h2-5,10-11H,6-9,12H2,1H3,(H,17,18). The van der Waals surface area contributed by atoms with Gasteiger partial charge in [0.25, 0.3) is 0 Å². The van der Waals surface area contributed by atoms with Crippen molar-refractivity contribution in [2.45, 2.75) is 6.92 Å². The second-order valence-electron chi connectivity index (χ2n) is 5.40. The molecule has 3 rings (SSSR count). The number of nitrogens with one attached hydrogen (secondary N) is 1. The maximum atomic E-state index is 12.2. The number of aromatic nitrogens is 1. The van der Waals surface area contributed by atoms with E-state index in [-0.39, 0.29) is 5.91 Å². The van der Waals surface area contributed by atoms with Gasteiger partial charge in [0.1, 0.15) is 0 Å². The van der Waals surface area contributed by atoms with Crippen molar-refractivity contribution in [3.63, 3.8) is 0 Å². The molecule has 1 saturated heterocycles. The Hall–Kier alpha value is -2.08. The predicted octanol–water partition coefficient (Wildman–Crippen LogP) is 2.21. The van der Waals surface area contributed by atoms with E-state index in [1.54, 1.807) is 6.20 Å².